The lowest BCUT2D eigenvalue weighted by Crippen LogP contribution is -2.06. The molecule has 0 radical (unpaired) electrons. The molecule has 0 saturated heterocycles. The summed E-state index contributed by atoms with van der Waals surface area (Å²) in [5.41, 5.74) is 6.60. The fourth-order valence-corrected chi connectivity index (χ4v) is 1.74. The Morgan fingerprint density at radius 3 is 2.76 bits per heavy atom. The highest BCUT2D eigenvalue weighted by molar-refractivity contribution is 6.31. The molecule has 2 nitrogen and oxygen atoms in total. The first-order chi connectivity index (χ1) is 8.11. The summed E-state index contributed by atoms with van der Waals surface area (Å²) < 4.78 is 18.6. The highest BCUT2D eigenvalue weighted by atomic mass is 35.5. The van der Waals surface area contributed by atoms with Crippen LogP contribution in [-0.2, 0) is 0 Å². The maximum absolute atomic E-state index is 13.0. The van der Waals surface area contributed by atoms with Crippen LogP contribution in [0, 0.1) is 5.82 Å². The number of benzene rings is 1. The van der Waals surface area contributed by atoms with Gasteiger partial charge in [-0.3, -0.25) is 0 Å². The summed E-state index contributed by atoms with van der Waals surface area (Å²) in [4.78, 5) is 0. The van der Waals surface area contributed by atoms with Gasteiger partial charge in [-0.1, -0.05) is 18.5 Å². The minimum absolute atomic E-state index is 0.0836. The summed E-state index contributed by atoms with van der Waals surface area (Å²) in [7, 11) is 0. The lowest BCUT2D eigenvalue weighted by molar-refractivity contribution is 0.470. The first kappa shape index (κ1) is 12.1. The van der Waals surface area contributed by atoms with Crippen molar-refractivity contribution >= 4 is 11.6 Å². The normalized spacial score (nSPS) is 12.7. The van der Waals surface area contributed by atoms with Crippen molar-refractivity contribution in [2.24, 2.45) is 5.73 Å². The number of hydrogen-bond acceptors (Lipinski definition) is 2. The Bertz CT molecular complexity index is 524. The quantitative estimate of drug-likeness (QED) is 0.893. The van der Waals surface area contributed by atoms with E-state index in [1.54, 1.807) is 6.07 Å². The van der Waals surface area contributed by atoms with Crippen molar-refractivity contribution in [1.82, 2.24) is 0 Å². The fourth-order valence-electron chi connectivity index (χ4n) is 1.56. The Hall–Kier alpha value is -1.32. The van der Waals surface area contributed by atoms with E-state index < -0.39 is 5.82 Å². The average Bonchev–Trinajstić information content (AvgIpc) is 2.81. The zero-order chi connectivity index (χ0) is 12.4. The predicted octanol–water partition coefficient (Wildman–Crippen LogP) is 4.15. The van der Waals surface area contributed by atoms with Gasteiger partial charge in [-0.05, 0) is 36.8 Å². The van der Waals surface area contributed by atoms with E-state index in [0.29, 0.717) is 5.76 Å². The van der Waals surface area contributed by atoms with Crippen molar-refractivity contribution in [3.8, 4) is 11.3 Å². The highest BCUT2D eigenvalue weighted by Crippen LogP contribution is 2.28. The van der Waals surface area contributed by atoms with E-state index in [1.165, 1.54) is 12.1 Å². The van der Waals surface area contributed by atoms with Crippen molar-refractivity contribution in [3.63, 3.8) is 0 Å². The molecule has 1 atom stereocenters. The van der Waals surface area contributed by atoms with E-state index in [1.807, 2.05) is 19.1 Å². The third-order valence-corrected chi connectivity index (χ3v) is 2.93. The first-order valence-corrected chi connectivity index (χ1v) is 5.80. The molecular weight excluding hydrogens is 241 g/mol. The van der Waals surface area contributed by atoms with Crippen molar-refractivity contribution in [1.29, 1.82) is 0 Å². The van der Waals surface area contributed by atoms with Gasteiger partial charge in [0.25, 0.3) is 0 Å². The summed E-state index contributed by atoms with van der Waals surface area (Å²) in [5, 5.41) is 0.0836. The smallest absolute Gasteiger partial charge is 0.141 e. The van der Waals surface area contributed by atoms with Crippen LogP contribution < -0.4 is 5.73 Å². The number of halogens is 2. The molecule has 90 valence electrons. The number of nitrogens with two attached hydrogens (primary N) is 1. The second kappa shape index (κ2) is 4.90. The van der Waals surface area contributed by atoms with Gasteiger partial charge < -0.3 is 10.2 Å². The second-order valence-corrected chi connectivity index (χ2v) is 4.25. The monoisotopic (exact) mass is 253 g/mol. The fraction of sp³-hybridized carbons (Fsp3) is 0.231. The lowest BCUT2D eigenvalue weighted by atomic mass is 10.1. The third-order valence-electron chi connectivity index (χ3n) is 2.64. The molecular formula is C13H13ClFNO. The molecule has 0 spiro atoms. The van der Waals surface area contributed by atoms with Gasteiger partial charge in [-0.2, -0.15) is 0 Å². The topological polar surface area (TPSA) is 39.2 Å². The first-order valence-electron chi connectivity index (χ1n) is 5.42. The van der Waals surface area contributed by atoms with Crippen LogP contribution >= 0.6 is 11.6 Å². The Morgan fingerprint density at radius 2 is 2.12 bits per heavy atom. The molecule has 0 aliphatic rings. The number of furan rings is 1. The van der Waals surface area contributed by atoms with E-state index in [-0.39, 0.29) is 11.1 Å². The van der Waals surface area contributed by atoms with Crippen molar-refractivity contribution in [2.75, 3.05) is 0 Å². The molecule has 4 heteroatoms. The van der Waals surface area contributed by atoms with Crippen molar-refractivity contribution in [3.05, 3.63) is 46.9 Å². The lowest BCUT2D eigenvalue weighted by Gasteiger charge is -2.04. The molecule has 0 saturated carbocycles. The SMILES string of the molecule is CCC(N)c1ccc(-c2ccc(F)c(Cl)c2)o1. The van der Waals surface area contributed by atoms with Crippen molar-refractivity contribution in [2.45, 2.75) is 19.4 Å². The van der Waals surface area contributed by atoms with E-state index in [4.69, 9.17) is 21.8 Å². The highest BCUT2D eigenvalue weighted by Gasteiger charge is 2.11. The van der Waals surface area contributed by atoms with E-state index in [9.17, 15) is 4.39 Å². The summed E-state index contributed by atoms with van der Waals surface area (Å²) in [6, 6.07) is 8.02. The van der Waals surface area contributed by atoms with E-state index in [2.05, 4.69) is 0 Å². The van der Waals surface area contributed by atoms with Crippen molar-refractivity contribution < 1.29 is 8.81 Å². The molecule has 1 aromatic heterocycles. The largest absolute Gasteiger partial charge is 0.459 e. The predicted molar refractivity (Wildman–Crippen MR) is 66.3 cm³/mol. The summed E-state index contributed by atoms with van der Waals surface area (Å²) in [6.07, 6.45) is 0.803. The van der Waals surface area contributed by atoms with Crippen LogP contribution in [0.2, 0.25) is 5.02 Å². The van der Waals surface area contributed by atoms with Crippen LogP contribution in [0.15, 0.2) is 34.7 Å². The van der Waals surface area contributed by atoms with Gasteiger partial charge in [-0.15, -0.1) is 0 Å². The molecule has 0 amide bonds. The maximum Gasteiger partial charge on any atom is 0.141 e. The van der Waals surface area contributed by atoms with Gasteiger partial charge in [0.05, 0.1) is 11.1 Å². The zero-order valence-electron chi connectivity index (χ0n) is 9.41. The van der Waals surface area contributed by atoms with Gasteiger partial charge >= 0.3 is 0 Å². The molecule has 1 unspecified atom stereocenters. The van der Waals surface area contributed by atoms with E-state index >= 15 is 0 Å². The third kappa shape index (κ3) is 2.51. The number of hydrogen-bond donors (Lipinski definition) is 1. The Labute approximate surface area is 104 Å². The van der Waals surface area contributed by atoms with Gasteiger partial charge in [-0.25, -0.2) is 4.39 Å². The van der Waals surface area contributed by atoms with Crippen LogP contribution in [-0.4, -0.2) is 0 Å². The molecule has 0 aliphatic heterocycles. The molecule has 2 rings (SSSR count). The van der Waals surface area contributed by atoms with Crippen LogP contribution in [0.3, 0.4) is 0 Å². The molecule has 0 fully saturated rings. The summed E-state index contributed by atoms with van der Waals surface area (Å²) in [6.45, 7) is 1.99. The number of rotatable bonds is 3. The van der Waals surface area contributed by atoms with Crippen LogP contribution in [0.25, 0.3) is 11.3 Å². The van der Waals surface area contributed by atoms with Gasteiger partial charge in [0.15, 0.2) is 0 Å². The minimum Gasteiger partial charge on any atom is -0.459 e. The second-order valence-electron chi connectivity index (χ2n) is 3.85. The Morgan fingerprint density at radius 1 is 1.35 bits per heavy atom. The molecule has 2 aromatic rings. The molecule has 1 heterocycles. The summed E-state index contributed by atoms with van der Waals surface area (Å²) >= 11 is 5.72. The van der Waals surface area contributed by atoms with E-state index in [0.717, 1.165) is 17.7 Å². The molecule has 1 aromatic carbocycles. The Balaban J connectivity index is 2.33. The van der Waals surface area contributed by atoms with Crippen LogP contribution in [0.1, 0.15) is 25.1 Å². The maximum atomic E-state index is 13.0. The standard InChI is InChI=1S/C13H13ClFNO/c1-2-11(16)13-6-5-12(17-13)8-3-4-10(15)9(14)7-8/h3-7,11H,2,16H2,1H3. The zero-order valence-corrected chi connectivity index (χ0v) is 10.2. The van der Waals surface area contributed by atoms with Crippen LogP contribution in [0.4, 0.5) is 4.39 Å². The van der Waals surface area contributed by atoms with Crippen LogP contribution in [0.5, 0.6) is 0 Å². The molecule has 0 bridgehead atoms. The molecule has 17 heavy (non-hydrogen) atoms. The van der Waals surface area contributed by atoms with Gasteiger partial charge in [0.2, 0.25) is 0 Å². The molecule has 2 N–H and O–H groups in total. The van der Waals surface area contributed by atoms with Gasteiger partial charge in [0, 0.05) is 5.56 Å². The summed E-state index contributed by atoms with van der Waals surface area (Å²) in [5.74, 6) is 0.932. The van der Waals surface area contributed by atoms with Gasteiger partial charge in [0.1, 0.15) is 17.3 Å². The molecule has 0 aliphatic carbocycles. The minimum atomic E-state index is -0.438. The average molecular weight is 254 g/mol. The Kier molecular flexibility index (Phi) is 3.50.